The first-order valence-electron chi connectivity index (χ1n) is 24.6. The molecule has 0 fully saturated rings. The van der Waals surface area contributed by atoms with Crippen LogP contribution in [0.15, 0.2) is 60.8 Å². The summed E-state index contributed by atoms with van der Waals surface area (Å²) in [5, 5.41) is 50.9. The first-order valence-corrected chi connectivity index (χ1v) is 24.6. The summed E-state index contributed by atoms with van der Waals surface area (Å²) in [7, 11) is 1.48. The number of aliphatic carboxylic acids is 1. The topological polar surface area (TPSA) is 453 Å². The van der Waals surface area contributed by atoms with Gasteiger partial charge in [-0.2, -0.15) is 0 Å². The Morgan fingerprint density at radius 2 is 1.09 bits per heavy atom. The van der Waals surface area contributed by atoms with E-state index in [4.69, 9.17) is 28.0 Å². The fraction of sp³-hybridized carbons (Fsp3) is 0.469. The summed E-state index contributed by atoms with van der Waals surface area (Å²) in [5.41, 5.74) is 18.5. The minimum absolute atomic E-state index is 0.00252. The summed E-state index contributed by atoms with van der Waals surface area (Å²) >= 11 is 0. The van der Waals surface area contributed by atoms with Gasteiger partial charge in [0.1, 0.15) is 42.5 Å². The fourth-order valence-corrected chi connectivity index (χ4v) is 7.91. The molecule has 27 heteroatoms. The first-order chi connectivity index (χ1) is 36.2. The number of hydrogen-bond donors (Lipinski definition) is 17. The van der Waals surface area contributed by atoms with Crippen LogP contribution in [0.4, 0.5) is 0 Å². The molecule has 0 aliphatic rings. The van der Waals surface area contributed by atoms with E-state index in [1.807, 2.05) is 24.3 Å². The van der Waals surface area contributed by atoms with E-state index in [-0.39, 0.29) is 89.3 Å². The summed E-state index contributed by atoms with van der Waals surface area (Å²) in [5.74, 6) is -8.64. The molecule has 3 aromatic rings. The van der Waals surface area contributed by atoms with Crippen molar-refractivity contribution in [3.05, 3.63) is 71.9 Å². The van der Waals surface area contributed by atoms with Crippen LogP contribution in [0.5, 0.6) is 0 Å². The largest absolute Gasteiger partial charge is 0.480 e. The number of nitrogens with one attached hydrogen (secondary N) is 13. The number of carboxylic acids is 1. The molecule has 414 valence electrons. The zero-order chi connectivity index (χ0) is 56.2. The van der Waals surface area contributed by atoms with Crippen LogP contribution in [0.2, 0.25) is 0 Å². The molecule has 20 N–H and O–H groups in total. The van der Waals surface area contributed by atoms with E-state index in [2.05, 4.69) is 58.2 Å². The molecule has 0 saturated heterocycles. The highest BCUT2D eigenvalue weighted by atomic mass is 16.4. The van der Waals surface area contributed by atoms with Gasteiger partial charge in [-0.25, -0.2) is 0 Å². The molecule has 2 aromatic carbocycles. The zero-order valence-corrected chi connectivity index (χ0v) is 42.6. The smallest absolute Gasteiger partial charge is 0.320 e. The number of carboxylic acid groups (broad SMARTS) is 1. The number of nitrogens with two attached hydrogens (primary N) is 3. The van der Waals surface area contributed by atoms with Gasteiger partial charge in [-0.3, -0.25) is 54.0 Å². The number of aromatic amines is 1. The van der Waals surface area contributed by atoms with Crippen LogP contribution in [0.1, 0.15) is 75.8 Å². The van der Waals surface area contributed by atoms with Crippen LogP contribution in [0, 0.1) is 10.8 Å². The maximum Gasteiger partial charge on any atom is 0.320 e. The number of carbonyl (C=O) groups excluding carboxylic acids is 9. The van der Waals surface area contributed by atoms with E-state index in [1.165, 1.54) is 7.05 Å². The molecule has 3 unspecified atom stereocenters. The summed E-state index contributed by atoms with van der Waals surface area (Å²) in [4.78, 5) is 135. The second-order valence-corrected chi connectivity index (χ2v) is 17.8. The van der Waals surface area contributed by atoms with Gasteiger partial charge in [0.2, 0.25) is 47.3 Å². The van der Waals surface area contributed by atoms with Gasteiger partial charge in [-0.15, -0.1) is 0 Å². The lowest BCUT2D eigenvalue weighted by atomic mass is 10.0. The van der Waals surface area contributed by atoms with Gasteiger partial charge in [0.05, 0.1) is 12.5 Å². The molecule has 0 aliphatic heterocycles. The number of primary amides is 1. The van der Waals surface area contributed by atoms with E-state index >= 15 is 0 Å². The van der Waals surface area contributed by atoms with Gasteiger partial charge in [-0.05, 0) is 69.2 Å². The van der Waals surface area contributed by atoms with Crippen molar-refractivity contribution in [2.45, 2.75) is 120 Å². The third kappa shape index (κ3) is 22.7. The van der Waals surface area contributed by atoms with Crippen molar-refractivity contribution in [1.82, 2.24) is 58.2 Å². The first kappa shape index (κ1) is 61.7. The number of guanidine groups is 2. The molecule has 1 heterocycles. The normalized spacial score (nSPS) is 13.6. The Balaban J connectivity index is 1.91. The second kappa shape index (κ2) is 32.5. The summed E-state index contributed by atoms with van der Waals surface area (Å²) in [6, 6.07) is 6.48. The fourth-order valence-electron chi connectivity index (χ4n) is 7.91. The van der Waals surface area contributed by atoms with Crippen LogP contribution in [-0.4, -0.2) is 150 Å². The third-order valence-electron chi connectivity index (χ3n) is 11.8. The van der Waals surface area contributed by atoms with Crippen molar-refractivity contribution >= 4 is 82.3 Å². The molecule has 0 spiro atoms. The Morgan fingerprint density at radius 3 is 1.64 bits per heavy atom. The summed E-state index contributed by atoms with van der Waals surface area (Å²) in [6.45, 7) is 1.51. The number of amides is 8. The molecular formula is C49H72N16O11. The van der Waals surface area contributed by atoms with Crippen molar-refractivity contribution in [3.8, 4) is 0 Å². The number of carbonyl (C=O) groups is 10. The van der Waals surface area contributed by atoms with Crippen molar-refractivity contribution in [1.29, 1.82) is 10.8 Å². The third-order valence-corrected chi connectivity index (χ3v) is 11.8. The Morgan fingerprint density at radius 1 is 0.605 bits per heavy atom. The number of aldehydes is 1. The summed E-state index contributed by atoms with van der Waals surface area (Å²) in [6.07, 6.45) is 1.45. The summed E-state index contributed by atoms with van der Waals surface area (Å²) < 4.78 is 0. The van der Waals surface area contributed by atoms with Gasteiger partial charge in [0.15, 0.2) is 11.9 Å². The van der Waals surface area contributed by atoms with E-state index < -0.39 is 108 Å². The van der Waals surface area contributed by atoms with E-state index in [1.54, 1.807) is 36.5 Å². The van der Waals surface area contributed by atoms with Gasteiger partial charge in [0, 0.05) is 62.9 Å². The Kier molecular flexibility index (Phi) is 26.4. The standard InChI is InChI=1S/C49H72N16O11/c1-28(67)60-34(15-8-21-57-48(51)52)43(71)63-36(18-19-41(69)56-20-10-17-37(55-2)47(75)76)44(72)65-39(25-40(50)68)46(74)64-38(23-29-11-4-3-5-12-29)45(73)62-35(16-9-22-58-49(53)54)42(70)61-31(27-66)24-30-26-59-33-14-7-6-13-32(30)33/h3-7,11-14,26-27,31,34-39,55,59H,8-10,15-25H2,1-2H3,(H2,50,68)(H,56,69)(H,60,67)(H,61,70)(H,62,73)(H,63,71)(H,64,74)(H,65,72)(H,75,76)(H4,51,52,57)(H4,53,54,58)/t31-,34-,35-,36?,37?,38?,39-/m0/s1. The minimum Gasteiger partial charge on any atom is -0.480 e. The lowest BCUT2D eigenvalue weighted by Gasteiger charge is -2.27. The number of para-hydroxylation sites is 1. The van der Waals surface area contributed by atoms with Gasteiger partial charge >= 0.3 is 5.97 Å². The number of hydrogen-bond acceptors (Lipinski definition) is 13. The molecule has 0 radical (unpaired) electrons. The lowest BCUT2D eigenvalue weighted by Crippen LogP contribution is -2.60. The monoisotopic (exact) mass is 1060 g/mol. The van der Waals surface area contributed by atoms with E-state index in [9.17, 15) is 53.1 Å². The van der Waals surface area contributed by atoms with Crippen molar-refractivity contribution < 1.29 is 53.1 Å². The number of rotatable bonds is 35. The average Bonchev–Trinajstić information content (AvgIpc) is 3.78. The highest BCUT2D eigenvalue weighted by Gasteiger charge is 2.34. The number of fused-ring (bicyclic) bond motifs is 1. The maximum absolute atomic E-state index is 14.4. The SMILES string of the molecule is CNC(CCCNC(=O)CCC(NC(=O)[C@H](CCCNC(=N)N)NC(C)=O)C(=O)N[C@@H](CC(N)=O)C(=O)NC(Cc1ccccc1)C(=O)N[C@@H](CCCNC(=N)N)C(=O)N[C@H](C=O)Cc1c[nH]c2ccccc12)C(=O)O. The van der Waals surface area contributed by atoms with Crippen LogP contribution in [-0.2, 0) is 60.8 Å². The minimum atomic E-state index is -1.79. The number of aromatic nitrogens is 1. The van der Waals surface area contributed by atoms with Crippen LogP contribution < -0.4 is 70.4 Å². The van der Waals surface area contributed by atoms with E-state index in [0.29, 0.717) is 11.8 Å². The molecule has 7 atom stereocenters. The molecule has 76 heavy (non-hydrogen) atoms. The molecule has 27 nitrogen and oxygen atoms in total. The van der Waals surface area contributed by atoms with Crippen LogP contribution in [0.3, 0.4) is 0 Å². The number of H-pyrrole nitrogens is 1. The molecule has 1 aromatic heterocycles. The van der Waals surface area contributed by atoms with Crippen LogP contribution >= 0.6 is 0 Å². The lowest BCUT2D eigenvalue weighted by molar-refractivity contribution is -0.139. The van der Waals surface area contributed by atoms with Crippen LogP contribution in [0.25, 0.3) is 10.9 Å². The molecule has 8 amide bonds. The molecule has 0 bridgehead atoms. The maximum atomic E-state index is 14.4. The van der Waals surface area contributed by atoms with Gasteiger partial charge in [0.25, 0.3) is 0 Å². The van der Waals surface area contributed by atoms with E-state index in [0.717, 1.165) is 23.4 Å². The van der Waals surface area contributed by atoms with Crippen molar-refractivity contribution in [2.24, 2.45) is 17.2 Å². The molecular weight excluding hydrogens is 989 g/mol. The highest BCUT2D eigenvalue weighted by Crippen LogP contribution is 2.19. The Labute approximate surface area is 438 Å². The Hall–Kier alpha value is -8.62. The predicted molar refractivity (Wildman–Crippen MR) is 280 cm³/mol. The van der Waals surface area contributed by atoms with Crippen molar-refractivity contribution in [2.75, 3.05) is 26.7 Å². The quantitative estimate of drug-likeness (QED) is 0.0120. The Bertz CT molecular complexity index is 2490. The predicted octanol–water partition coefficient (Wildman–Crippen LogP) is -3.17. The average molecular weight is 1060 g/mol. The molecule has 3 rings (SSSR count). The second-order valence-electron chi connectivity index (χ2n) is 17.8. The number of benzene rings is 2. The molecule has 0 aliphatic carbocycles. The van der Waals surface area contributed by atoms with Gasteiger partial charge < -0.3 is 85.3 Å². The molecule has 0 saturated carbocycles. The highest BCUT2D eigenvalue weighted by molar-refractivity contribution is 5.98. The number of likely N-dealkylation sites (N-methyl/N-ethyl adjacent to an activating group) is 1. The van der Waals surface area contributed by atoms with Gasteiger partial charge in [-0.1, -0.05) is 48.5 Å². The zero-order valence-electron chi connectivity index (χ0n) is 42.6. The van der Waals surface area contributed by atoms with Crippen molar-refractivity contribution in [3.63, 3.8) is 0 Å².